The molecule has 0 amide bonds. The van der Waals surface area contributed by atoms with E-state index in [1.54, 1.807) is 0 Å². The van der Waals surface area contributed by atoms with Crippen molar-refractivity contribution in [1.29, 1.82) is 5.26 Å². The largest absolute Gasteiger partial charge is 0.287 e. The van der Waals surface area contributed by atoms with Crippen LogP contribution in [0.3, 0.4) is 0 Å². The fourth-order valence-electron chi connectivity index (χ4n) is 1.27. The summed E-state index contributed by atoms with van der Waals surface area (Å²) in [7, 11) is 0. The monoisotopic (exact) mass is 158 g/mol. The van der Waals surface area contributed by atoms with Gasteiger partial charge in [-0.1, -0.05) is 0 Å². The van der Waals surface area contributed by atoms with Gasteiger partial charge in [0.1, 0.15) is 6.04 Å². The minimum Gasteiger partial charge on any atom is -0.287 e. The quantitative estimate of drug-likeness (QED) is 0.565. The molecule has 0 aromatic carbocycles. The van der Waals surface area contributed by atoms with Crippen LogP contribution in [0.25, 0.3) is 0 Å². The van der Waals surface area contributed by atoms with Crippen molar-refractivity contribution in [1.82, 2.24) is 4.90 Å². The van der Waals surface area contributed by atoms with E-state index in [9.17, 15) is 0 Å². The number of halogens is 1. The van der Waals surface area contributed by atoms with Gasteiger partial charge in [-0.3, -0.25) is 4.90 Å². The Kier molecular flexibility index (Phi) is 2.98. The van der Waals surface area contributed by atoms with E-state index in [1.807, 2.05) is 0 Å². The van der Waals surface area contributed by atoms with Crippen molar-refractivity contribution in [2.24, 2.45) is 0 Å². The van der Waals surface area contributed by atoms with Gasteiger partial charge < -0.3 is 0 Å². The minimum atomic E-state index is -0.0517. The predicted octanol–water partition coefficient (Wildman–Crippen LogP) is 1.21. The molecular formula is C7H11ClN2. The molecule has 1 fully saturated rings. The van der Waals surface area contributed by atoms with E-state index >= 15 is 0 Å². The minimum absolute atomic E-state index is 0.0517. The van der Waals surface area contributed by atoms with Crippen LogP contribution in [0, 0.1) is 11.3 Å². The Morgan fingerprint density at radius 2 is 2.10 bits per heavy atom. The van der Waals surface area contributed by atoms with Gasteiger partial charge in [-0.2, -0.15) is 5.26 Å². The van der Waals surface area contributed by atoms with Crippen molar-refractivity contribution < 1.29 is 0 Å². The maximum atomic E-state index is 8.61. The molecule has 10 heavy (non-hydrogen) atoms. The highest BCUT2D eigenvalue weighted by Gasteiger charge is 2.19. The van der Waals surface area contributed by atoms with Crippen molar-refractivity contribution in [3.8, 4) is 6.07 Å². The number of alkyl halides is 1. The average Bonchev–Trinajstić information content (AvgIpc) is 2.43. The molecule has 0 aromatic heterocycles. The lowest BCUT2D eigenvalue weighted by Gasteiger charge is -2.17. The van der Waals surface area contributed by atoms with Crippen LogP contribution in [-0.4, -0.2) is 29.9 Å². The van der Waals surface area contributed by atoms with Crippen LogP contribution in [0.2, 0.25) is 0 Å². The van der Waals surface area contributed by atoms with Crippen molar-refractivity contribution in [3.05, 3.63) is 0 Å². The van der Waals surface area contributed by atoms with Crippen molar-refractivity contribution in [2.75, 3.05) is 19.0 Å². The van der Waals surface area contributed by atoms with Gasteiger partial charge in [0, 0.05) is 0 Å². The molecule has 1 unspecified atom stereocenters. The number of hydrogen-bond donors (Lipinski definition) is 0. The first-order chi connectivity index (χ1) is 4.88. The van der Waals surface area contributed by atoms with Crippen molar-refractivity contribution >= 4 is 11.6 Å². The second kappa shape index (κ2) is 3.80. The van der Waals surface area contributed by atoms with Gasteiger partial charge in [-0.05, 0) is 25.9 Å². The van der Waals surface area contributed by atoms with Crippen LogP contribution in [0.15, 0.2) is 0 Å². The number of nitriles is 1. The summed E-state index contributed by atoms with van der Waals surface area (Å²) in [5.41, 5.74) is 0. The normalized spacial score (nSPS) is 22.4. The molecule has 0 aliphatic carbocycles. The summed E-state index contributed by atoms with van der Waals surface area (Å²) in [5, 5.41) is 8.61. The Balaban J connectivity index is 2.38. The zero-order valence-electron chi connectivity index (χ0n) is 5.89. The SMILES string of the molecule is N#CC(CCl)N1CCCC1. The molecular weight excluding hydrogens is 148 g/mol. The second-order valence-corrected chi connectivity index (χ2v) is 2.85. The highest BCUT2D eigenvalue weighted by atomic mass is 35.5. The summed E-state index contributed by atoms with van der Waals surface area (Å²) < 4.78 is 0. The van der Waals surface area contributed by atoms with Gasteiger partial charge in [-0.25, -0.2) is 0 Å². The Morgan fingerprint density at radius 3 is 2.50 bits per heavy atom. The summed E-state index contributed by atoms with van der Waals surface area (Å²) in [6, 6.07) is 2.14. The smallest absolute Gasteiger partial charge is 0.111 e. The number of likely N-dealkylation sites (tertiary alicyclic amines) is 1. The summed E-state index contributed by atoms with van der Waals surface area (Å²) in [5.74, 6) is 0.441. The Morgan fingerprint density at radius 1 is 1.50 bits per heavy atom. The molecule has 1 aliphatic rings. The van der Waals surface area contributed by atoms with E-state index < -0.39 is 0 Å². The van der Waals surface area contributed by atoms with Gasteiger partial charge >= 0.3 is 0 Å². The molecule has 0 bridgehead atoms. The zero-order chi connectivity index (χ0) is 7.40. The topological polar surface area (TPSA) is 27.0 Å². The molecule has 0 spiro atoms. The Hall–Kier alpha value is -0.260. The Bertz CT molecular complexity index is 135. The van der Waals surface area contributed by atoms with E-state index in [2.05, 4.69) is 11.0 Å². The molecule has 1 saturated heterocycles. The predicted molar refractivity (Wildman–Crippen MR) is 40.9 cm³/mol. The molecule has 1 rings (SSSR count). The first-order valence-corrected chi connectivity index (χ1v) is 4.11. The third-order valence-electron chi connectivity index (χ3n) is 1.88. The molecule has 1 atom stereocenters. The lowest BCUT2D eigenvalue weighted by atomic mass is 10.3. The highest BCUT2D eigenvalue weighted by molar-refractivity contribution is 6.18. The molecule has 0 aromatic rings. The zero-order valence-corrected chi connectivity index (χ0v) is 6.64. The second-order valence-electron chi connectivity index (χ2n) is 2.54. The van der Waals surface area contributed by atoms with Crippen LogP contribution in [0.5, 0.6) is 0 Å². The molecule has 1 aliphatic heterocycles. The molecule has 0 radical (unpaired) electrons. The summed E-state index contributed by atoms with van der Waals surface area (Å²) in [6.07, 6.45) is 2.43. The highest BCUT2D eigenvalue weighted by Crippen LogP contribution is 2.11. The molecule has 0 saturated carbocycles. The van der Waals surface area contributed by atoms with Crippen molar-refractivity contribution in [3.63, 3.8) is 0 Å². The maximum Gasteiger partial charge on any atom is 0.111 e. The summed E-state index contributed by atoms with van der Waals surface area (Å²) >= 11 is 5.58. The molecule has 3 heteroatoms. The van der Waals surface area contributed by atoms with Gasteiger partial charge in [0.2, 0.25) is 0 Å². The molecule has 0 N–H and O–H groups in total. The molecule has 1 heterocycles. The van der Waals surface area contributed by atoms with Gasteiger partial charge in [0.15, 0.2) is 0 Å². The van der Waals surface area contributed by atoms with Crippen LogP contribution in [0.4, 0.5) is 0 Å². The van der Waals surface area contributed by atoms with E-state index in [4.69, 9.17) is 16.9 Å². The fraction of sp³-hybridized carbons (Fsp3) is 0.857. The third-order valence-corrected chi connectivity index (χ3v) is 2.17. The lowest BCUT2D eigenvalue weighted by Crippen LogP contribution is -2.32. The van der Waals surface area contributed by atoms with Crippen LogP contribution >= 0.6 is 11.6 Å². The number of nitrogens with zero attached hydrogens (tertiary/aromatic N) is 2. The maximum absolute atomic E-state index is 8.61. The van der Waals surface area contributed by atoms with Gasteiger partial charge in [0.05, 0.1) is 11.9 Å². The molecule has 56 valence electrons. The molecule has 2 nitrogen and oxygen atoms in total. The van der Waals surface area contributed by atoms with E-state index in [0.29, 0.717) is 5.88 Å². The van der Waals surface area contributed by atoms with Crippen LogP contribution in [-0.2, 0) is 0 Å². The number of rotatable bonds is 2. The summed E-state index contributed by atoms with van der Waals surface area (Å²) in [4.78, 5) is 2.15. The Labute approximate surface area is 66.4 Å². The summed E-state index contributed by atoms with van der Waals surface area (Å²) in [6.45, 7) is 2.09. The van der Waals surface area contributed by atoms with E-state index in [-0.39, 0.29) is 6.04 Å². The fourth-order valence-corrected chi connectivity index (χ4v) is 1.53. The first-order valence-electron chi connectivity index (χ1n) is 3.58. The van der Waals surface area contributed by atoms with Crippen LogP contribution < -0.4 is 0 Å². The third kappa shape index (κ3) is 1.62. The van der Waals surface area contributed by atoms with Gasteiger partial charge in [0.25, 0.3) is 0 Å². The lowest BCUT2D eigenvalue weighted by molar-refractivity contribution is 0.308. The van der Waals surface area contributed by atoms with Gasteiger partial charge in [-0.15, -0.1) is 11.6 Å². The van der Waals surface area contributed by atoms with E-state index in [0.717, 1.165) is 13.1 Å². The first kappa shape index (κ1) is 7.84. The van der Waals surface area contributed by atoms with Crippen molar-refractivity contribution in [2.45, 2.75) is 18.9 Å². The average molecular weight is 159 g/mol. The van der Waals surface area contributed by atoms with Crippen LogP contribution in [0.1, 0.15) is 12.8 Å². The number of hydrogen-bond acceptors (Lipinski definition) is 2. The standard InChI is InChI=1S/C7H11ClN2/c8-5-7(6-9)10-3-1-2-4-10/h7H,1-5H2. The van der Waals surface area contributed by atoms with E-state index in [1.165, 1.54) is 12.8 Å².